The Balaban J connectivity index is 2.67. The number of carbonyl (C=O) groups is 1. The van der Waals surface area contributed by atoms with Crippen LogP contribution in [0.5, 0.6) is 0 Å². The van der Waals surface area contributed by atoms with Crippen molar-refractivity contribution in [2.24, 2.45) is 0 Å². The fourth-order valence-electron chi connectivity index (χ4n) is 1.68. The van der Waals surface area contributed by atoms with E-state index in [1.165, 1.54) is 13.2 Å². The van der Waals surface area contributed by atoms with Gasteiger partial charge in [-0.25, -0.2) is 4.39 Å². The molecule has 0 aliphatic carbocycles. The minimum absolute atomic E-state index is 0.00677. The Kier molecular flexibility index (Phi) is 5.10. The Labute approximate surface area is 101 Å². The number of aryl methyl sites for hydroxylation is 1. The van der Waals surface area contributed by atoms with E-state index in [9.17, 15) is 9.18 Å². The average Bonchev–Trinajstić information content (AvgIpc) is 2.32. The highest BCUT2D eigenvalue weighted by Crippen LogP contribution is 2.12. The Hall–Kier alpha value is -1.42. The topological polar surface area (TPSA) is 38.3 Å². The van der Waals surface area contributed by atoms with Crippen molar-refractivity contribution in [3.63, 3.8) is 0 Å². The molecule has 4 heteroatoms. The standard InChI is InChI=1S/C13H18FNO2/c1-9-6-10(4-5-12(9)14)7-11(15-2)8-13(16)17-3/h4-6,11,15H,7-8H2,1-3H3. The van der Waals surface area contributed by atoms with Gasteiger partial charge in [0, 0.05) is 6.04 Å². The summed E-state index contributed by atoms with van der Waals surface area (Å²) in [5.74, 6) is -0.453. The van der Waals surface area contributed by atoms with Crippen molar-refractivity contribution >= 4 is 5.97 Å². The van der Waals surface area contributed by atoms with E-state index in [4.69, 9.17) is 0 Å². The Morgan fingerprint density at radius 3 is 2.76 bits per heavy atom. The number of hydrogen-bond donors (Lipinski definition) is 1. The fraction of sp³-hybridized carbons (Fsp3) is 0.462. The highest BCUT2D eigenvalue weighted by Gasteiger charge is 2.13. The van der Waals surface area contributed by atoms with Crippen molar-refractivity contribution < 1.29 is 13.9 Å². The molecule has 0 fully saturated rings. The Bertz CT molecular complexity index is 393. The lowest BCUT2D eigenvalue weighted by atomic mass is 10.0. The number of hydrogen-bond acceptors (Lipinski definition) is 3. The van der Waals surface area contributed by atoms with Crippen LogP contribution >= 0.6 is 0 Å². The van der Waals surface area contributed by atoms with Crippen LogP contribution in [0.1, 0.15) is 17.5 Å². The van der Waals surface area contributed by atoms with Crippen LogP contribution in [0.4, 0.5) is 4.39 Å². The predicted octanol–water partition coefficient (Wildman–Crippen LogP) is 1.83. The van der Waals surface area contributed by atoms with Crippen LogP contribution in [0, 0.1) is 12.7 Å². The molecule has 1 unspecified atom stereocenters. The zero-order valence-corrected chi connectivity index (χ0v) is 10.4. The van der Waals surface area contributed by atoms with E-state index in [0.717, 1.165) is 5.56 Å². The summed E-state index contributed by atoms with van der Waals surface area (Å²) < 4.78 is 17.7. The van der Waals surface area contributed by atoms with Gasteiger partial charge in [-0.1, -0.05) is 12.1 Å². The molecule has 0 aromatic heterocycles. The highest BCUT2D eigenvalue weighted by molar-refractivity contribution is 5.69. The summed E-state index contributed by atoms with van der Waals surface area (Å²) in [6.45, 7) is 1.73. The average molecular weight is 239 g/mol. The maximum atomic E-state index is 13.1. The van der Waals surface area contributed by atoms with E-state index in [2.05, 4.69) is 10.1 Å². The summed E-state index contributed by atoms with van der Waals surface area (Å²) in [5.41, 5.74) is 1.63. The zero-order valence-electron chi connectivity index (χ0n) is 10.4. The largest absolute Gasteiger partial charge is 0.469 e. The third-order valence-corrected chi connectivity index (χ3v) is 2.75. The van der Waals surface area contributed by atoms with Crippen LogP contribution in [0.3, 0.4) is 0 Å². The molecule has 0 amide bonds. The molecule has 1 rings (SSSR count). The molecule has 0 saturated heterocycles. The number of carbonyl (C=O) groups excluding carboxylic acids is 1. The predicted molar refractivity (Wildman–Crippen MR) is 64.3 cm³/mol. The van der Waals surface area contributed by atoms with Gasteiger partial charge in [0.2, 0.25) is 0 Å². The molecule has 94 valence electrons. The van der Waals surface area contributed by atoms with E-state index >= 15 is 0 Å². The van der Waals surface area contributed by atoms with Crippen molar-refractivity contribution in [3.05, 3.63) is 35.1 Å². The summed E-state index contributed by atoms with van der Waals surface area (Å²) in [6, 6.07) is 5.00. The molecule has 0 spiro atoms. The van der Waals surface area contributed by atoms with E-state index in [-0.39, 0.29) is 17.8 Å². The Morgan fingerprint density at radius 2 is 2.24 bits per heavy atom. The Morgan fingerprint density at radius 1 is 1.53 bits per heavy atom. The molecule has 1 atom stereocenters. The molecule has 0 aliphatic heterocycles. The molecule has 17 heavy (non-hydrogen) atoms. The van der Waals surface area contributed by atoms with Crippen molar-refractivity contribution in [2.45, 2.75) is 25.8 Å². The third kappa shape index (κ3) is 4.15. The molecule has 1 aromatic rings. The minimum atomic E-state index is -0.247. The van der Waals surface area contributed by atoms with Gasteiger partial charge in [0.15, 0.2) is 0 Å². The van der Waals surface area contributed by atoms with Crippen LogP contribution in [-0.4, -0.2) is 26.2 Å². The van der Waals surface area contributed by atoms with E-state index < -0.39 is 0 Å². The molecule has 0 bridgehead atoms. The van der Waals surface area contributed by atoms with E-state index in [1.807, 2.05) is 0 Å². The molecule has 0 radical (unpaired) electrons. The van der Waals surface area contributed by atoms with Gasteiger partial charge < -0.3 is 10.1 Å². The van der Waals surface area contributed by atoms with Crippen molar-refractivity contribution in [3.8, 4) is 0 Å². The first-order valence-corrected chi connectivity index (χ1v) is 5.56. The molecule has 1 N–H and O–H groups in total. The first-order valence-electron chi connectivity index (χ1n) is 5.56. The second-order valence-electron chi connectivity index (χ2n) is 4.05. The smallest absolute Gasteiger partial charge is 0.307 e. The second-order valence-corrected chi connectivity index (χ2v) is 4.05. The lowest BCUT2D eigenvalue weighted by Crippen LogP contribution is -2.30. The van der Waals surface area contributed by atoms with Crippen LogP contribution in [-0.2, 0) is 16.0 Å². The number of rotatable bonds is 5. The number of methoxy groups -OCH3 is 1. The monoisotopic (exact) mass is 239 g/mol. The molecular formula is C13H18FNO2. The van der Waals surface area contributed by atoms with Crippen LogP contribution in [0.15, 0.2) is 18.2 Å². The van der Waals surface area contributed by atoms with Crippen LogP contribution in [0.25, 0.3) is 0 Å². The number of benzene rings is 1. The maximum Gasteiger partial charge on any atom is 0.307 e. The number of nitrogens with one attached hydrogen (secondary N) is 1. The normalized spacial score (nSPS) is 12.2. The zero-order chi connectivity index (χ0) is 12.8. The molecule has 0 saturated carbocycles. The van der Waals surface area contributed by atoms with Crippen molar-refractivity contribution in [1.82, 2.24) is 5.32 Å². The first-order chi connectivity index (χ1) is 8.06. The fourth-order valence-corrected chi connectivity index (χ4v) is 1.68. The van der Waals surface area contributed by atoms with Crippen LogP contribution in [0.2, 0.25) is 0 Å². The number of ether oxygens (including phenoxy) is 1. The summed E-state index contributed by atoms with van der Waals surface area (Å²) >= 11 is 0. The van der Waals surface area contributed by atoms with Gasteiger partial charge in [-0.05, 0) is 37.6 Å². The highest BCUT2D eigenvalue weighted by atomic mass is 19.1. The maximum absolute atomic E-state index is 13.1. The van der Waals surface area contributed by atoms with Crippen molar-refractivity contribution in [1.29, 1.82) is 0 Å². The summed E-state index contributed by atoms with van der Waals surface area (Å²) in [4.78, 5) is 11.2. The molecule has 0 aliphatic rings. The summed E-state index contributed by atoms with van der Waals surface area (Å²) in [7, 11) is 3.17. The number of likely N-dealkylation sites (N-methyl/N-ethyl adjacent to an activating group) is 1. The van der Waals surface area contributed by atoms with Gasteiger partial charge in [-0.2, -0.15) is 0 Å². The van der Waals surface area contributed by atoms with Gasteiger partial charge >= 0.3 is 5.97 Å². The van der Waals surface area contributed by atoms with E-state index in [1.54, 1.807) is 26.1 Å². The van der Waals surface area contributed by atoms with Gasteiger partial charge in [-0.3, -0.25) is 4.79 Å². The third-order valence-electron chi connectivity index (χ3n) is 2.75. The van der Waals surface area contributed by atoms with Gasteiger partial charge in [0.1, 0.15) is 5.82 Å². The van der Waals surface area contributed by atoms with Gasteiger partial charge in [-0.15, -0.1) is 0 Å². The van der Waals surface area contributed by atoms with Gasteiger partial charge in [0.25, 0.3) is 0 Å². The summed E-state index contributed by atoms with van der Waals surface area (Å²) in [6.07, 6.45) is 0.982. The molecular weight excluding hydrogens is 221 g/mol. The van der Waals surface area contributed by atoms with Crippen molar-refractivity contribution in [2.75, 3.05) is 14.2 Å². The SMILES string of the molecule is CNC(CC(=O)OC)Cc1ccc(F)c(C)c1. The minimum Gasteiger partial charge on any atom is -0.469 e. The lowest BCUT2D eigenvalue weighted by molar-refractivity contribution is -0.141. The molecule has 1 aromatic carbocycles. The second kappa shape index (κ2) is 6.35. The number of esters is 1. The first kappa shape index (κ1) is 13.6. The van der Waals surface area contributed by atoms with Crippen LogP contribution < -0.4 is 5.32 Å². The molecule has 0 heterocycles. The van der Waals surface area contributed by atoms with Gasteiger partial charge in [0.05, 0.1) is 13.5 Å². The lowest BCUT2D eigenvalue weighted by Gasteiger charge is -2.15. The molecule has 3 nitrogen and oxygen atoms in total. The summed E-state index contributed by atoms with van der Waals surface area (Å²) in [5, 5.41) is 3.06. The quantitative estimate of drug-likeness (QED) is 0.797. The van der Waals surface area contributed by atoms with E-state index in [0.29, 0.717) is 18.4 Å². The number of halogens is 1.